The second-order valence-corrected chi connectivity index (χ2v) is 7.88. The number of sulfonamides is 1. The van der Waals surface area contributed by atoms with Crippen LogP contribution in [0.25, 0.3) is 0 Å². The average Bonchev–Trinajstić information content (AvgIpc) is 2.54. The van der Waals surface area contributed by atoms with E-state index in [1.54, 1.807) is 24.3 Å². The Bertz CT molecular complexity index is 626. The van der Waals surface area contributed by atoms with E-state index < -0.39 is 10.0 Å². The fourth-order valence-electron chi connectivity index (χ4n) is 2.33. The highest BCUT2D eigenvalue weighted by Crippen LogP contribution is 2.18. The monoisotopic (exact) mass is 359 g/mol. The van der Waals surface area contributed by atoms with Gasteiger partial charge in [0.2, 0.25) is 15.9 Å². The van der Waals surface area contributed by atoms with Crippen LogP contribution in [0.4, 0.5) is 0 Å². The van der Waals surface area contributed by atoms with E-state index in [-0.39, 0.29) is 23.1 Å². The molecule has 1 aromatic carbocycles. The Labute approximate surface area is 142 Å². The summed E-state index contributed by atoms with van der Waals surface area (Å²) in [5, 5.41) is 2.74. The Morgan fingerprint density at radius 3 is 2.35 bits per heavy atom. The number of halogens is 1. The Balaban J connectivity index is 1.99. The SMILES string of the molecule is CN1CCN(S(=O)(=O)c2ccc(CNC(=O)CCCl)cc2)CC1. The van der Waals surface area contributed by atoms with E-state index in [1.165, 1.54) is 4.31 Å². The maximum absolute atomic E-state index is 12.6. The molecule has 1 heterocycles. The number of hydrogen-bond donors (Lipinski definition) is 1. The first-order chi connectivity index (χ1) is 10.9. The van der Waals surface area contributed by atoms with E-state index in [4.69, 9.17) is 11.6 Å². The van der Waals surface area contributed by atoms with Gasteiger partial charge < -0.3 is 10.2 Å². The number of benzene rings is 1. The smallest absolute Gasteiger partial charge is 0.243 e. The highest BCUT2D eigenvalue weighted by Gasteiger charge is 2.27. The fourth-order valence-corrected chi connectivity index (χ4v) is 3.93. The largest absolute Gasteiger partial charge is 0.352 e. The predicted molar refractivity (Wildman–Crippen MR) is 89.9 cm³/mol. The zero-order valence-electron chi connectivity index (χ0n) is 13.2. The number of rotatable bonds is 6. The van der Waals surface area contributed by atoms with Crippen molar-refractivity contribution in [1.29, 1.82) is 0 Å². The molecule has 6 nitrogen and oxygen atoms in total. The minimum atomic E-state index is -3.44. The molecule has 0 atom stereocenters. The third kappa shape index (κ3) is 4.91. The molecule has 0 spiro atoms. The first-order valence-corrected chi connectivity index (χ1v) is 9.51. The molecular formula is C15H22ClN3O3S. The van der Waals surface area contributed by atoms with Gasteiger partial charge in [0.05, 0.1) is 4.90 Å². The summed E-state index contributed by atoms with van der Waals surface area (Å²) in [7, 11) is -1.46. The Kier molecular flexibility index (Phi) is 6.41. The molecule has 0 saturated carbocycles. The molecule has 1 aromatic rings. The molecule has 0 bridgehead atoms. The molecular weight excluding hydrogens is 338 g/mol. The van der Waals surface area contributed by atoms with E-state index >= 15 is 0 Å². The van der Waals surface area contributed by atoms with Crippen LogP contribution in [0.5, 0.6) is 0 Å². The second-order valence-electron chi connectivity index (χ2n) is 5.57. The number of likely N-dealkylation sites (N-methyl/N-ethyl adjacent to an activating group) is 1. The van der Waals surface area contributed by atoms with Crippen molar-refractivity contribution in [1.82, 2.24) is 14.5 Å². The molecule has 1 amide bonds. The third-order valence-corrected chi connectivity index (χ3v) is 5.94. The molecule has 1 N–H and O–H groups in total. The summed E-state index contributed by atoms with van der Waals surface area (Å²) in [5.41, 5.74) is 0.852. The molecule has 2 rings (SSSR count). The maximum atomic E-state index is 12.6. The number of piperazine rings is 1. The summed E-state index contributed by atoms with van der Waals surface area (Å²) in [6.45, 7) is 2.86. The second kappa shape index (κ2) is 8.10. The summed E-state index contributed by atoms with van der Waals surface area (Å²) in [5.74, 6) is 0.169. The lowest BCUT2D eigenvalue weighted by molar-refractivity contribution is -0.120. The molecule has 1 fully saturated rings. The lowest BCUT2D eigenvalue weighted by atomic mass is 10.2. The quantitative estimate of drug-likeness (QED) is 0.765. The van der Waals surface area contributed by atoms with Gasteiger partial charge >= 0.3 is 0 Å². The zero-order valence-corrected chi connectivity index (χ0v) is 14.7. The highest BCUT2D eigenvalue weighted by atomic mass is 35.5. The minimum Gasteiger partial charge on any atom is -0.352 e. The molecule has 128 valence electrons. The van der Waals surface area contributed by atoms with Gasteiger partial charge in [0.1, 0.15) is 0 Å². The fraction of sp³-hybridized carbons (Fsp3) is 0.533. The number of carbonyl (C=O) groups excluding carboxylic acids is 1. The van der Waals surface area contributed by atoms with Gasteiger partial charge in [-0.25, -0.2) is 8.42 Å². The van der Waals surface area contributed by atoms with Gasteiger partial charge in [-0.05, 0) is 24.7 Å². The van der Waals surface area contributed by atoms with Gasteiger partial charge in [-0.15, -0.1) is 11.6 Å². The van der Waals surface area contributed by atoms with Crippen molar-refractivity contribution in [2.45, 2.75) is 17.9 Å². The van der Waals surface area contributed by atoms with Crippen molar-refractivity contribution in [2.24, 2.45) is 0 Å². The molecule has 1 saturated heterocycles. The molecule has 8 heteroatoms. The summed E-state index contributed by atoms with van der Waals surface area (Å²) in [4.78, 5) is 13.8. The lowest BCUT2D eigenvalue weighted by Gasteiger charge is -2.31. The number of nitrogens with one attached hydrogen (secondary N) is 1. The van der Waals surface area contributed by atoms with E-state index in [2.05, 4.69) is 10.2 Å². The van der Waals surface area contributed by atoms with Gasteiger partial charge in [0.25, 0.3) is 0 Å². The van der Waals surface area contributed by atoms with Crippen LogP contribution < -0.4 is 5.32 Å². The standard InChI is InChI=1S/C15H22ClN3O3S/c1-18-8-10-19(11-9-18)23(21,22)14-4-2-13(3-5-14)12-17-15(20)6-7-16/h2-5H,6-12H2,1H3,(H,17,20). The van der Waals surface area contributed by atoms with Crippen LogP contribution in [0.2, 0.25) is 0 Å². The van der Waals surface area contributed by atoms with Crippen LogP contribution in [0, 0.1) is 0 Å². The minimum absolute atomic E-state index is 0.117. The number of carbonyl (C=O) groups is 1. The van der Waals surface area contributed by atoms with Gasteiger partial charge in [-0.2, -0.15) is 4.31 Å². The molecule has 1 aliphatic heterocycles. The molecule has 23 heavy (non-hydrogen) atoms. The average molecular weight is 360 g/mol. The summed E-state index contributed by atoms with van der Waals surface area (Å²) < 4.78 is 26.7. The number of hydrogen-bond acceptors (Lipinski definition) is 4. The van der Waals surface area contributed by atoms with E-state index in [1.807, 2.05) is 7.05 Å². The predicted octanol–water partition coefficient (Wildman–Crippen LogP) is 0.868. The van der Waals surface area contributed by atoms with Crippen LogP contribution in [-0.4, -0.2) is 62.6 Å². The van der Waals surface area contributed by atoms with Crippen molar-refractivity contribution in [3.05, 3.63) is 29.8 Å². The molecule has 1 aliphatic rings. The zero-order chi connectivity index (χ0) is 16.9. The van der Waals surface area contributed by atoms with E-state index in [0.29, 0.717) is 19.6 Å². The van der Waals surface area contributed by atoms with Gasteiger partial charge in [0, 0.05) is 45.0 Å². The van der Waals surface area contributed by atoms with Crippen molar-refractivity contribution < 1.29 is 13.2 Å². The Morgan fingerprint density at radius 1 is 1.17 bits per heavy atom. The van der Waals surface area contributed by atoms with Crippen LogP contribution in [0.3, 0.4) is 0 Å². The summed E-state index contributed by atoms with van der Waals surface area (Å²) >= 11 is 5.50. The Hall–Kier alpha value is -1.15. The van der Waals surface area contributed by atoms with Gasteiger partial charge in [0.15, 0.2) is 0 Å². The van der Waals surface area contributed by atoms with Crippen molar-refractivity contribution in [2.75, 3.05) is 39.1 Å². The summed E-state index contributed by atoms with van der Waals surface area (Å²) in [6, 6.07) is 6.64. The molecule has 0 radical (unpaired) electrons. The highest BCUT2D eigenvalue weighted by molar-refractivity contribution is 7.89. The van der Waals surface area contributed by atoms with Crippen LogP contribution >= 0.6 is 11.6 Å². The maximum Gasteiger partial charge on any atom is 0.243 e. The van der Waals surface area contributed by atoms with Gasteiger partial charge in [-0.3, -0.25) is 4.79 Å². The third-order valence-electron chi connectivity index (χ3n) is 3.83. The first-order valence-electron chi connectivity index (χ1n) is 7.54. The molecule has 0 aromatic heterocycles. The van der Waals surface area contributed by atoms with Crippen molar-refractivity contribution in [3.63, 3.8) is 0 Å². The summed E-state index contributed by atoms with van der Waals surface area (Å²) in [6.07, 6.45) is 0.275. The van der Waals surface area contributed by atoms with E-state index in [0.717, 1.165) is 18.7 Å². The van der Waals surface area contributed by atoms with E-state index in [9.17, 15) is 13.2 Å². The number of alkyl halides is 1. The topological polar surface area (TPSA) is 69.7 Å². The molecule has 0 unspecified atom stereocenters. The van der Waals surface area contributed by atoms with Crippen molar-refractivity contribution >= 4 is 27.5 Å². The van der Waals surface area contributed by atoms with Crippen LogP contribution in [-0.2, 0) is 21.4 Å². The Morgan fingerprint density at radius 2 is 1.78 bits per heavy atom. The van der Waals surface area contributed by atoms with Crippen molar-refractivity contribution in [3.8, 4) is 0 Å². The normalized spacial score (nSPS) is 17.1. The first kappa shape index (κ1) is 18.2. The lowest BCUT2D eigenvalue weighted by Crippen LogP contribution is -2.47. The van der Waals surface area contributed by atoms with Gasteiger partial charge in [-0.1, -0.05) is 12.1 Å². The number of nitrogens with zero attached hydrogens (tertiary/aromatic N) is 2. The molecule has 0 aliphatic carbocycles. The number of amides is 1. The van der Waals surface area contributed by atoms with Crippen LogP contribution in [0.15, 0.2) is 29.2 Å². The van der Waals surface area contributed by atoms with Crippen LogP contribution in [0.1, 0.15) is 12.0 Å².